The molecule has 2 heterocycles. The Morgan fingerprint density at radius 1 is 1.14 bits per heavy atom. The van der Waals surface area contributed by atoms with Crippen LogP contribution in [0.15, 0.2) is 53.1 Å². The first-order chi connectivity index (χ1) is 14.1. The fourth-order valence-corrected chi connectivity index (χ4v) is 3.59. The van der Waals surface area contributed by atoms with Crippen LogP contribution in [0.4, 0.5) is 5.69 Å². The molecule has 0 bridgehead atoms. The topological polar surface area (TPSA) is 71.3 Å². The zero-order valence-corrected chi connectivity index (χ0v) is 17.0. The second-order valence-electron chi connectivity index (χ2n) is 7.42. The summed E-state index contributed by atoms with van der Waals surface area (Å²) in [6.45, 7) is 4.27. The third-order valence-electron chi connectivity index (χ3n) is 5.21. The van der Waals surface area contributed by atoms with E-state index in [1.807, 2.05) is 43.3 Å². The van der Waals surface area contributed by atoms with Crippen molar-refractivity contribution in [1.29, 1.82) is 0 Å². The van der Waals surface area contributed by atoms with Gasteiger partial charge in [0.25, 0.3) is 0 Å². The third kappa shape index (κ3) is 5.02. The first-order valence-electron chi connectivity index (χ1n) is 9.75. The van der Waals surface area contributed by atoms with E-state index in [4.69, 9.17) is 16.1 Å². The van der Waals surface area contributed by atoms with Crippen LogP contribution in [0, 0.1) is 12.8 Å². The van der Waals surface area contributed by atoms with Gasteiger partial charge in [-0.05, 0) is 69.3 Å². The standard InChI is InChI=1S/C22H23ClN4O2/c1-15-2-8-19(9-3-15)24-22(28)17-10-12-27(13-11-17)14-20-25-21(26-29-20)16-4-6-18(23)7-5-16/h2-9,17H,10-14H2,1H3,(H,24,28). The fourth-order valence-electron chi connectivity index (χ4n) is 3.46. The predicted molar refractivity (Wildman–Crippen MR) is 113 cm³/mol. The van der Waals surface area contributed by atoms with Crippen molar-refractivity contribution in [3.63, 3.8) is 0 Å². The number of piperidine rings is 1. The number of carbonyl (C=O) groups is 1. The number of rotatable bonds is 5. The van der Waals surface area contributed by atoms with Crippen molar-refractivity contribution in [1.82, 2.24) is 15.0 Å². The number of likely N-dealkylation sites (tertiary alicyclic amines) is 1. The predicted octanol–water partition coefficient (Wildman–Crippen LogP) is 4.55. The lowest BCUT2D eigenvalue weighted by molar-refractivity contribution is -0.121. The van der Waals surface area contributed by atoms with E-state index in [9.17, 15) is 4.79 Å². The van der Waals surface area contributed by atoms with Gasteiger partial charge in [-0.1, -0.05) is 34.5 Å². The lowest BCUT2D eigenvalue weighted by Gasteiger charge is -2.30. The molecule has 1 N–H and O–H groups in total. The van der Waals surface area contributed by atoms with Crippen molar-refractivity contribution < 1.29 is 9.32 Å². The van der Waals surface area contributed by atoms with Crippen LogP contribution >= 0.6 is 11.6 Å². The van der Waals surface area contributed by atoms with Gasteiger partial charge in [-0.15, -0.1) is 0 Å². The van der Waals surface area contributed by atoms with Gasteiger partial charge in [-0.2, -0.15) is 4.98 Å². The Morgan fingerprint density at radius 3 is 2.52 bits per heavy atom. The van der Waals surface area contributed by atoms with Crippen molar-refractivity contribution in [3.05, 3.63) is 65.0 Å². The number of hydrogen-bond acceptors (Lipinski definition) is 5. The summed E-state index contributed by atoms with van der Waals surface area (Å²) in [4.78, 5) is 19.2. The minimum absolute atomic E-state index is 0.0277. The molecule has 7 heteroatoms. The molecule has 0 saturated carbocycles. The molecule has 0 radical (unpaired) electrons. The monoisotopic (exact) mass is 410 g/mol. The van der Waals surface area contributed by atoms with Crippen molar-refractivity contribution in [2.75, 3.05) is 18.4 Å². The number of carbonyl (C=O) groups excluding carboxylic acids is 1. The van der Waals surface area contributed by atoms with E-state index in [0.29, 0.717) is 23.3 Å². The number of nitrogens with zero attached hydrogens (tertiary/aromatic N) is 3. The van der Waals surface area contributed by atoms with E-state index in [1.165, 1.54) is 5.56 Å². The third-order valence-corrected chi connectivity index (χ3v) is 5.46. The summed E-state index contributed by atoms with van der Waals surface area (Å²) >= 11 is 5.92. The number of benzene rings is 2. The molecular weight excluding hydrogens is 388 g/mol. The average molecular weight is 411 g/mol. The van der Waals surface area contributed by atoms with Crippen LogP contribution < -0.4 is 5.32 Å². The average Bonchev–Trinajstić information content (AvgIpc) is 3.19. The van der Waals surface area contributed by atoms with Gasteiger partial charge in [0.1, 0.15) is 0 Å². The van der Waals surface area contributed by atoms with Crippen molar-refractivity contribution in [3.8, 4) is 11.4 Å². The van der Waals surface area contributed by atoms with Crippen LogP contribution in [0.2, 0.25) is 5.02 Å². The minimum atomic E-state index is 0.0277. The zero-order chi connectivity index (χ0) is 20.2. The van der Waals surface area contributed by atoms with Crippen LogP contribution in [0.1, 0.15) is 24.3 Å². The highest BCUT2D eigenvalue weighted by atomic mass is 35.5. The van der Waals surface area contributed by atoms with Crippen molar-refractivity contribution in [2.24, 2.45) is 5.92 Å². The molecule has 0 spiro atoms. The highest BCUT2D eigenvalue weighted by Gasteiger charge is 2.26. The normalized spacial score (nSPS) is 15.4. The van der Waals surface area contributed by atoms with Gasteiger partial charge in [-0.3, -0.25) is 9.69 Å². The zero-order valence-electron chi connectivity index (χ0n) is 16.3. The van der Waals surface area contributed by atoms with Crippen LogP contribution in [-0.4, -0.2) is 34.0 Å². The molecule has 0 aliphatic carbocycles. The maximum atomic E-state index is 12.5. The van der Waals surface area contributed by atoms with Gasteiger partial charge in [-0.25, -0.2) is 0 Å². The molecule has 3 aromatic rings. The molecule has 1 fully saturated rings. The minimum Gasteiger partial charge on any atom is -0.338 e. The van der Waals surface area contributed by atoms with Crippen LogP contribution in [0.5, 0.6) is 0 Å². The van der Waals surface area contributed by atoms with E-state index < -0.39 is 0 Å². The molecule has 29 heavy (non-hydrogen) atoms. The van der Waals surface area contributed by atoms with Gasteiger partial charge in [0.2, 0.25) is 17.6 Å². The summed E-state index contributed by atoms with van der Waals surface area (Å²) in [7, 11) is 0. The Labute approximate surface area is 174 Å². The van der Waals surface area contributed by atoms with Crippen molar-refractivity contribution in [2.45, 2.75) is 26.3 Å². The fraction of sp³-hybridized carbons (Fsp3) is 0.318. The van der Waals surface area contributed by atoms with E-state index in [0.717, 1.165) is 37.2 Å². The van der Waals surface area contributed by atoms with Crippen LogP contribution in [0.25, 0.3) is 11.4 Å². The molecule has 1 aliphatic heterocycles. The van der Waals surface area contributed by atoms with E-state index >= 15 is 0 Å². The second-order valence-corrected chi connectivity index (χ2v) is 7.86. The Balaban J connectivity index is 1.28. The molecule has 1 amide bonds. The highest BCUT2D eigenvalue weighted by Crippen LogP contribution is 2.22. The quantitative estimate of drug-likeness (QED) is 0.668. The summed E-state index contributed by atoms with van der Waals surface area (Å²) in [5, 5.41) is 7.75. The largest absolute Gasteiger partial charge is 0.338 e. The lowest BCUT2D eigenvalue weighted by Crippen LogP contribution is -2.37. The molecule has 2 aromatic carbocycles. The van der Waals surface area contributed by atoms with E-state index in [1.54, 1.807) is 12.1 Å². The Bertz CT molecular complexity index is 961. The first-order valence-corrected chi connectivity index (χ1v) is 10.1. The SMILES string of the molecule is Cc1ccc(NC(=O)C2CCN(Cc3nc(-c4ccc(Cl)cc4)no3)CC2)cc1. The highest BCUT2D eigenvalue weighted by molar-refractivity contribution is 6.30. The molecule has 1 aromatic heterocycles. The second kappa shape index (κ2) is 8.76. The van der Waals surface area contributed by atoms with Crippen LogP contribution in [-0.2, 0) is 11.3 Å². The summed E-state index contributed by atoms with van der Waals surface area (Å²) in [5.74, 6) is 1.26. The van der Waals surface area contributed by atoms with Crippen molar-refractivity contribution >= 4 is 23.2 Å². The Morgan fingerprint density at radius 2 is 1.83 bits per heavy atom. The smallest absolute Gasteiger partial charge is 0.241 e. The number of halogens is 1. The van der Waals surface area contributed by atoms with E-state index in [2.05, 4.69) is 20.4 Å². The Hall–Kier alpha value is -2.70. The summed E-state index contributed by atoms with van der Waals surface area (Å²) in [6, 6.07) is 15.2. The molecular formula is C22H23ClN4O2. The van der Waals surface area contributed by atoms with Gasteiger partial charge in [0.15, 0.2) is 0 Å². The summed E-state index contributed by atoms with van der Waals surface area (Å²) < 4.78 is 5.40. The molecule has 0 unspecified atom stereocenters. The van der Waals surface area contributed by atoms with E-state index in [-0.39, 0.29) is 11.8 Å². The maximum absolute atomic E-state index is 12.5. The van der Waals surface area contributed by atoms with Gasteiger partial charge >= 0.3 is 0 Å². The molecule has 1 aliphatic rings. The van der Waals surface area contributed by atoms with Gasteiger partial charge < -0.3 is 9.84 Å². The van der Waals surface area contributed by atoms with Gasteiger partial charge in [0.05, 0.1) is 6.54 Å². The molecule has 6 nitrogen and oxygen atoms in total. The summed E-state index contributed by atoms with van der Waals surface area (Å²) in [6.07, 6.45) is 1.63. The maximum Gasteiger partial charge on any atom is 0.241 e. The number of anilines is 1. The van der Waals surface area contributed by atoms with Gasteiger partial charge in [0, 0.05) is 22.2 Å². The number of aryl methyl sites for hydroxylation is 1. The molecule has 0 atom stereocenters. The molecule has 150 valence electrons. The number of aromatic nitrogens is 2. The number of hydrogen-bond donors (Lipinski definition) is 1. The number of nitrogens with one attached hydrogen (secondary N) is 1. The lowest BCUT2D eigenvalue weighted by atomic mass is 9.96. The molecule has 1 saturated heterocycles. The Kier molecular flexibility index (Phi) is 5.92. The number of amides is 1. The molecule has 4 rings (SSSR count). The van der Waals surface area contributed by atoms with Crippen LogP contribution in [0.3, 0.4) is 0 Å². The summed E-state index contributed by atoms with van der Waals surface area (Å²) in [5.41, 5.74) is 2.90. The first kappa shape index (κ1) is 19.6.